The Hall–Kier alpha value is -2.93. The van der Waals surface area contributed by atoms with E-state index >= 15 is 0 Å². The number of hydrogen-bond acceptors (Lipinski definition) is 3. The van der Waals surface area contributed by atoms with Gasteiger partial charge in [-0.15, -0.1) is 0 Å². The van der Waals surface area contributed by atoms with Crippen molar-refractivity contribution in [3.8, 4) is 0 Å². The molecule has 7 heteroatoms. The molecule has 27 heavy (non-hydrogen) atoms. The van der Waals surface area contributed by atoms with Crippen molar-refractivity contribution < 1.29 is 14.0 Å². The van der Waals surface area contributed by atoms with Gasteiger partial charge in [0, 0.05) is 51.0 Å². The van der Waals surface area contributed by atoms with Gasteiger partial charge in [0.1, 0.15) is 5.82 Å². The quantitative estimate of drug-likeness (QED) is 0.869. The number of urea groups is 1. The maximum Gasteiger partial charge on any atom is 0.321 e. The highest BCUT2D eigenvalue weighted by molar-refractivity contribution is 5.92. The Bertz CT molecular complexity index is 802. The monoisotopic (exact) mass is 370 g/mol. The third-order valence-electron chi connectivity index (χ3n) is 4.41. The first kappa shape index (κ1) is 18.8. The van der Waals surface area contributed by atoms with Crippen molar-refractivity contribution in [2.24, 2.45) is 0 Å². The van der Waals surface area contributed by atoms with Gasteiger partial charge in [-0.05, 0) is 35.9 Å². The number of carbonyl (C=O) groups excluding carboxylic acids is 2. The third kappa shape index (κ3) is 5.52. The molecule has 0 aliphatic carbocycles. The summed E-state index contributed by atoms with van der Waals surface area (Å²) in [6, 6.07) is 13.4. The molecule has 1 fully saturated rings. The van der Waals surface area contributed by atoms with E-state index in [1.54, 1.807) is 41.3 Å². The molecule has 3 rings (SSSR count). The number of carbonyl (C=O) groups is 2. The largest absolute Gasteiger partial charge is 0.326 e. The van der Waals surface area contributed by atoms with Crippen molar-refractivity contribution in [2.75, 3.05) is 36.8 Å². The van der Waals surface area contributed by atoms with Crippen LogP contribution < -0.4 is 10.6 Å². The van der Waals surface area contributed by atoms with Crippen molar-refractivity contribution in [3.63, 3.8) is 0 Å². The standard InChI is InChI=1S/C20H23FN4O2/c1-15(26)22-18-3-2-4-19(13-18)23-20(27)25-11-9-24(10-12-25)14-16-5-7-17(21)8-6-16/h2-8,13H,9-12,14H2,1H3,(H,22,26)(H,23,27). The van der Waals surface area contributed by atoms with Crippen LogP contribution in [0.15, 0.2) is 48.5 Å². The molecule has 0 aromatic heterocycles. The summed E-state index contributed by atoms with van der Waals surface area (Å²) >= 11 is 0. The van der Waals surface area contributed by atoms with Crippen LogP contribution in [0, 0.1) is 5.82 Å². The number of halogens is 1. The fourth-order valence-electron chi connectivity index (χ4n) is 3.04. The minimum atomic E-state index is -0.234. The van der Waals surface area contributed by atoms with Crippen LogP contribution in [0.1, 0.15) is 12.5 Å². The lowest BCUT2D eigenvalue weighted by atomic mass is 10.2. The van der Waals surface area contributed by atoms with Gasteiger partial charge in [0.15, 0.2) is 0 Å². The summed E-state index contributed by atoms with van der Waals surface area (Å²) in [5, 5.41) is 5.57. The number of benzene rings is 2. The Morgan fingerprint density at radius 3 is 2.22 bits per heavy atom. The first-order valence-electron chi connectivity index (χ1n) is 8.90. The van der Waals surface area contributed by atoms with Gasteiger partial charge in [-0.3, -0.25) is 9.69 Å². The lowest BCUT2D eigenvalue weighted by molar-refractivity contribution is -0.114. The van der Waals surface area contributed by atoms with Crippen molar-refractivity contribution in [2.45, 2.75) is 13.5 Å². The summed E-state index contributed by atoms with van der Waals surface area (Å²) in [7, 11) is 0. The second-order valence-electron chi connectivity index (χ2n) is 6.58. The fraction of sp³-hybridized carbons (Fsp3) is 0.300. The normalized spacial score (nSPS) is 14.7. The molecule has 3 amide bonds. The zero-order valence-corrected chi connectivity index (χ0v) is 15.2. The molecule has 2 aromatic carbocycles. The molecule has 6 nitrogen and oxygen atoms in total. The van der Waals surface area contributed by atoms with Crippen LogP contribution in [0.3, 0.4) is 0 Å². The van der Waals surface area contributed by atoms with Gasteiger partial charge in [-0.25, -0.2) is 9.18 Å². The van der Waals surface area contributed by atoms with Crippen LogP contribution in [0.25, 0.3) is 0 Å². The molecule has 0 saturated carbocycles. The Labute approximate surface area is 158 Å². The summed E-state index contributed by atoms with van der Waals surface area (Å²) in [5.41, 5.74) is 2.34. The number of anilines is 2. The molecule has 1 aliphatic heterocycles. The van der Waals surface area contributed by atoms with Crippen LogP contribution in [0.4, 0.5) is 20.6 Å². The molecule has 0 spiro atoms. The zero-order chi connectivity index (χ0) is 19.2. The average molecular weight is 370 g/mol. The van der Waals surface area contributed by atoms with E-state index in [-0.39, 0.29) is 17.8 Å². The van der Waals surface area contributed by atoms with Crippen LogP contribution in [-0.2, 0) is 11.3 Å². The molecule has 1 saturated heterocycles. The fourth-order valence-corrected chi connectivity index (χ4v) is 3.04. The summed E-state index contributed by atoms with van der Waals surface area (Å²) < 4.78 is 13.0. The van der Waals surface area contributed by atoms with E-state index in [1.807, 2.05) is 0 Å². The van der Waals surface area contributed by atoms with Crippen LogP contribution >= 0.6 is 0 Å². The molecule has 0 atom stereocenters. The number of piperazine rings is 1. The van der Waals surface area contributed by atoms with E-state index in [0.717, 1.165) is 25.2 Å². The predicted octanol–water partition coefficient (Wildman–Crippen LogP) is 3.13. The third-order valence-corrected chi connectivity index (χ3v) is 4.41. The van der Waals surface area contributed by atoms with Crippen LogP contribution in [-0.4, -0.2) is 47.9 Å². The van der Waals surface area contributed by atoms with Crippen molar-refractivity contribution >= 4 is 23.3 Å². The van der Waals surface area contributed by atoms with E-state index in [1.165, 1.54) is 19.1 Å². The molecule has 1 aliphatic rings. The van der Waals surface area contributed by atoms with E-state index in [2.05, 4.69) is 15.5 Å². The summed E-state index contributed by atoms with van der Waals surface area (Å²) in [4.78, 5) is 27.6. The van der Waals surface area contributed by atoms with Gasteiger partial charge in [-0.1, -0.05) is 18.2 Å². The molecule has 0 bridgehead atoms. The van der Waals surface area contributed by atoms with E-state index in [0.29, 0.717) is 24.5 Å². The molecule has 1 heterocycles. The SMILES string of the molecule is CC(=O)Nc1cccc(NC(=O)N2CCN(Cc3ccc(F)cc3)CC2)c1. The maximum absolute atomic E-state index is 13.0. The number of rotatable bonds is 4. The zero-order valence-electron chi connectivity index (χ0n) is 15.2. The molecule has 0 radical (unpaired) electrons. The van der Waals surface area contributed by atoms with Crippen LogP contribution in [0.5, 0.6) is 0 Å². The van der Waals surface area contributed by atoms with E-state index in [9.17, 15) is 14.0 Å². The Kier molecular flexibility index (Phi) is 6.03. The Balaban J connectivity index is 1.49. The number of nitrogens with zero attached hydrogens (tertiary/aromatic N) is 2. The number of hydrogen-bond donors (Lipinski definition) is 2. The van der Waals surface area contributed by atoms with Gasteiger partial charge < -0.3 is 15.5 Å². The summed E-state index contributed by atoms with van der Waals surface area (Å²) in [5.74, 6) is -0.390. The lowest BCUT2D eigenvalue weighted by Crippen LogP contribution is -2.49. The first-order valence-corrected chi connectivity index (χ1v) is 8.90. The van der Waals surface area contributed by atoms with Gasteiger partial charge >= 0.3 is 6.03 Å². The number of nitrogens with one attached hydrogen (secondary N) is 2. The van der Waals surface area contributed by atoms with E-state index < -0.39 is 0 Å². The molecule has 2 aromatic rings. The molecular weight excluding hydrogens is 347 g/mol. The van der Waals surface area contributed by atoms with Crippen molar-refractivity contribution in [3.05, 3.63) is 59.9 Å². The van der Waals surface area contributed by atoms with Crippen molar-refractivity contribution in [1.29, 1.82) is 0 Å². The number of amides is 3. The smallest absolute Gasteiger partial charge is 0.321 e. The topological polar surface area (TPSA) is 64.7 Å². The van der Waals surface area contributed by atoms with E-state index in [4.69, 9.17) is 0 Å². The van der Waals surface area contributed by atoms with Gasteiger partial charge in [0.2, 0.25) is 5.91 Å². The average Bonchev–Trinajstić information content (AvgIpc) is 2.64. The highest BCUT2D eigenvalue weighted by Gasteiger charge is 2.21. The summed E-state index contributed by atoms with van der Waals surface area (Å²) in [6.07, 6.45) is 0. The van der Waals surface area contributed by atoms with Crippen molar-refractivity contribution in [1.82, 2.24) is 9.80 Å². The lowest BCUT2D eigenvalue weighted by Gasteiger charge is -2.34. The highest BCUT2D eigenvalue weighted by Crippen LogP contribution is 2.16. The first-order chi connectivity index (χ1) is 13.0. The predicted molar refractivity (Wildman–Crippen MR) is 103 cm³/mol. The second kappa shape index (κ2) is 8.64. The minimum Gasteiger partial charge on any atom is -0.326 e. The van der Waals surface area contributed by atoms with Crippen LogP contribution in [0.2, 0.25) is 0 Å². The van der Waals surface area contributed by atoms with Gasteiger partial charge in [0.25, 0.3) is 0 Å². The molecular formula is C20H23FN4O2. The maximum atomic E-state index is 13.0. The summed E-state index contributed by atoms with van der Waals surface area (Å²) in [6.45, 7) is 4.95. The molecule has 0 unspecified atom stereocenters. The highest BCUT2D eigenvalue weighted by atomic mass is 19.1. The Morgan fingerprint density at radius 2 is 1.59 bits per heavy atom. The Morgan fingerprint density at radius 1 is 0.963 bits per heavy atom. The molecule has 142 valence electrons. The van der Waals surface area contributed by atoms with Gasteiger partial charge in [-0.2, -0.15) is 0 Å². The second-order valence-corrected chi connectivity index (χ2v) is 6.58. The minimum absolute atomic E-state index is 0.156. The molecule has 2 N–H and O–H groups in total. The van der Waals surface area contributed by atoms with Gasteiger partial charge in [0.05, 0.1) is 0 Å².